The molecule has 3 aromatic rings. The highest BCUT2D eigenvalue weighted by atomic mass is 35.5. The lowest BCUT2D eigenvalue weighted by atomic mass is 10.1. The quantitative estimate of drug-likeness (QED) is 0.640. The number of alkyl halides is 1. The molecule has 1 unspecified atom stereocenters. The van der Waals surface area contributed by atoms with Crippen LogP contribution in [0.25, 0.3) is 21.8 Å². The molecule has 1 aromatic heterocycles. The fourth-order valence-corrected chi connectivity index (χ4v) is 3.27. The number of thiazole rings is 1. The molecule has 0 saturated heterocycles. The molecule has 0 bridgehead atoms. The summed E-state index contributed by atoms with van der Waals surface area (Å²) < 4.78 is 0. The first-order valence-corrected chi connectivity index (χ1v) is 9.38. The van der Waals surface area contributed by atoms with E-state index >= 15 is 0 Å². The van der Waals surface area contributed by atoms with E-state index in [1.165, 1.54) is 5.56 Å². The fourth-order valence-electron chi connectivity index (χ4n) is 2.36. The Kier molecular flexibility index (Phi) is 5.51. The number of carbonyl (C=O) groups excluding carboxylic acids is 1. The average Bonchev–Trinajstić information content (AvgIpc) is 3.10. The first-order valence-electron chi connectivity index (χ1n) is 8.06. The predicted octanol–water partition coefficient (Wildman–Crippen LogP) is 5.03. The molecule has 5 heteroatoms. The molecule has 0 fully saturated rings. The van der Waals surface area contributed by atoms with Gasteiger partial charge >= 0.3 is 0 Å². The fraction of sp³-hybridized carbons (Fsp3) is 0.200. The third-order valence-corrected chi connectivity index (χ3v) is 4.97. The van der Waals surface area contributed by atoms with E-state index < -0.39 is 5.38 Å². The van der Waals surface area contributed by atoms with Crippen LogP contribution in [0.2, 0.25) is 0 Å². The highest BCUT2D eigenvalue weighted by molar-refractivity contribution is 7.13. The first kappa shape index (κ1) is 17.6. The Balaban J connectivity index is 1.70. The van der Waals surface area contributed by atoms with Crippen molar-refractivity contribution in [2.75, 3.05) is 0 Å². The lowest BCUT2D eigenvalue weighted by Crippen LogP contribution is -2.28. The summed E-state index contributed by atoms with van der Waals surface area (Å²) in [6.45, 7) is 4.21. The molecular formula is C20H19ClN2OS. The van der Waals surface area contributed by atoms with Crippen LogP contribution in [0.15, 0.2) is 53.9 Å². The van der Waals surface area contributed by atoms with Gasteiger partial charge in [-0.1, -0.05) is 54.1 Å². The zero-order valence-electron chi connectivity index (χ0n) is 14.1. The van der Waals surface area contributed by atoms with Crippen molar-refractivity contribution >= 4 is 28.8 Å². The first-order chi connectivity index (χ1) is 12.0. The summed E-state index contributed by atoms with van der Waals surface area (Å²) in [5, 5.41) is 5.35. The van der Waals surface area contributed by atoms with Gasteiger partial charge in [-0.2, -0.15) is 0 Å². The number of benzene rings is 2. The van der Waals surface area contributed by atoms with Crippen LogP contribution < -0.4 is 5.32 Å². The number of carbonyl (C=O) groups is 1. The van der Waals surface area contributed by atoms with Gasteiger partial charge in [0, 0.05) is 23.1 Å². The van der Waals surface area contributed by atoms with Crippen molar-refractivity contribution in [3.8, 4) is 21.8 Å². The largest absolute Gasteiger partial charge is 0.351 e. The molecular weight excluding hydrogens is 352 g/mol. The van der Waals surface area contributed by atoms with Crippen LogP contribution in [0, 0.1) is 6.92 Å². The number of aryl methyl sites for hydroxylation is 1. The van der Waals surface area contributed by atoms with Crippen LogP contribution in [0.3, 0.4) is 0 Å². The Morgan fingerprint density at radius 3 is 2.40 bits per heavy atom. The van der Waals surface area contributed by atoms with E-state index in [0.29, 0.717) is 6.54 Å². The van der Waals surface area contributed by atoms with Crippen molar-refractivity contribution in [3.63, 3.8) is 0 Å². The number of nitrogens with one attached hydrogen (secondary N) is 1. The van der Waals surface area contributed by atoms with E-state index in [0.717, 1.165) is 27.4 Å². The SMILES string of the molecule is Cc1ccc(-c2csc(-c3ccc(CNC(=O)C(C)Cl)cc3)n2)cc1. The molecule has 25 heavy (non-hydrogen) atoms. The van der Waals surface area contributed by atoms with Gasteiger partial charge in [0.25, 0.3) is 0 Å². The second kappa shape index (κ2) is 7.81. The molecule has 128 valence electrons. The number of aromatic nitrogens is 1. The molecule has 1 amide bonds. The van der Waals surface area contributed by atoms with E-state index in [-0.39, 0.29) is 5.91 Å². The molecule has 0 aliphatic carbocycles. The lowest BCUT2D eigenvalue weighted by molar-refractivity contribution is -0.120. The highest BCUT2D eigenvalue weighted by Crippen LogP contribution is 2.29. The highest BCUT2D eigenvalue weighted by Gasteiger charge is 2.09. The van der Waals surface area contributed by atoms with Crippen LogP contribution in [-0.2, 0) is 11.3 Å². The van der Waals surface area contributed by atoms with Gasteiger partial charge in [0.1, 0.15) is 10.4 Å². The number of halogens is 1. The van der Waals surface area contributed by atoms with Gasteiger partial charge in [0.05, 0.1) is 5.69 Å². The summed E-state index contributed by atoms with van der Waals surface area (Å²) in [5.41, 5.74) is 5.47. The molecule has 0 saturated carbocycles. The van der Waals surface area contributed by atoms with Gasteiger partial charge in [0.2, 0.25) is 5.91 Å². The maximum absolute atomic E-state index is 11.5. The normalized spacial score (nSPS) is 12.0. The summed E-state index contributed by atoms with van der Waals surface area (Å²) >= 11 is 7.37. The van der Waals surface area contributed by atoms with Crippen LogP contribution in [-0.4, -0.2) is 16.3 Å². The number of nitrogens with zero attached hydrogens (tertiary/aromatic N) is 1. The molecule has 0 aliphatic heterocycles. The second-order valence-corrected chi connectivity index (χ2v) is 7.45. The van der Waals surface area contributed by atoms with Crippen LogP contribution >= 0.6 is 22.9 Å². The van der Waals surface area contributed by atoms with Gasteiger partial charge < -0.3 is 5.32 Å². The molecule has 3 rings (SSSR count). The number of rotatable bonds is 5. The minimum atomic E-state index is -0.519. The molecule has 2 aromatic carbocycles. The molecule has 0 spiro atoms. The molecule has 1 heterocycles. The third kappa shape index (κ3) is 4.47. The van der Waals surface area contributed by atoms with Crippen molar-refractivity contribution in [1.82, 2.24) is 10.3 Å². The summed E-state index contributed by atoms with van der Waals surface area (Å²) in [7, 11) is 0. The monoisotopic (exact) mass is 370 g/mol. The minimum absolute atomic E-state index is 0.159. The van der Waals surface area contributed by atoms with Crippen LogP contribution in [0.1, 0.15) is 18.1 Å². The summed E-state index contributed by atoms with van der Waals surface area (Å²) in [4.78, 5) is 16.3. The summed E-state index contributed by atoms with van der Waals surface area (Å²) in [6.07, 6.45) is 0. The van der Waals surface area contributed by atoms with E-state index in [2.05, 4.69) is 41.9 Å². The summed E-state index contributed by atoms with van der Waals surface area (Å²) in [5.74, 6) is -0.159. The average molecular weight is 371 g/mol. The molecule has 1 N–H and O–H groups in total. The van der Waals surface area contributed by atoms with Crippen LogP contribution in [0.4, 0.5) is 0 Å². The van der Waals surface area contributed by atoms with E-state index in [4.69, 9.17) is 16.6 Å². The maximum Gasteiger partial charge on any atom is 0.238 e. The van der Waals surface area contributed by atoms with Crippen LogP contribution in [0.5, 0.6) is 0 Å². The van der Waals surface area contributed by atoms with Crippen molar-refractivity contribution in [1.29, 1.82) is 0 Å². The van der Waals surface area contributed by atoms with E-state index in [1.54, 1.807) is 18.3 Å². The van der Waals surface area contributed by atoms with Gasteiger partial charge in [-0.25, -0.2) is 4.98 Å². The van der Waals surface area contributed by atoms with Crippen molar-refractivity contribution < 1.29 is 4.79 Å². The Labute approximate surface area is 156 Å². The van der Waals surface area contributed by atoms with Crippen molar-refractivity contribution in [3.05, 3.63) is 65.0 Å². The van der Waals surface area contributed by atoms with E-state index in [1.807, 2.05) is 24.3 Å². The molecule has 0 radical (unpaired) electrons. The number of amides is 1. The Hall–Kier alpha value is -2.17. The van der Waals surface area contributed by atoms with E-state index in [9.17, 15) is 4.79 Å². The molecule has 3 nitrogen and oxygen atoms in total. The zero-order valence-corrected chi connectivity index (χ0v) is 15.7. The standard InChI is InChI=1S/C20H19ClN2OS/c1-13-3-7-16(8-4-13)18-12-25-20(23-18)17-9-5-15(6-10-17)11-22-19(24)14(2)21/h3-10,12,14H,11H2,1-2H3,(H,22,24). The third-order valence-electron chi connectivity index (χ3n) is 3.88. The number of hydrogen-bond donors (Lipinski definition) is 1. The van der Waals surface area contributed by atoms with Crippen molar-refractivity contribution in [2.24, 2.45) is 0 Å². The lowest BCUT2D eigenvalue weighted by Gasteiger charge is -2.07. The van der Waals surface area contributed by atoms with Gasteiger partial charge in [-0.05, 0) is 19.4 Å². The Morgan fingerprint density at radius 2 is 1.76 bits per heavy atom. The minimum Gasteiger partial charge on any atom is -0.351 e. The smallest absolute Gasteiger partial charge is 0.238 e. The summed E-state index contributed by atoms with van der Waals surface area (Å²) in [6, 6.07) is 16.4. The predicted molar refractivity (Wildman–Crippen MR) is 105 cm³/mol. The Morgan fingerprint density at radius 1 is 1.12 bits per heavy atom. The second-order valence-electron chi connectivity index (χ2n) is 5.93. The van der Waals surface area contributed by atoms with Gasteiger partial charge in [-0.3, -0.25) is 4.79 Å². The Bertz CT molecular complexity index is 854. The van der Waals surface area contributed by atoms with Gasteiger partial charge in [0.15, 0.2) is 0 Å². The topological polar surface area (TPSA) is 42.0 Å². The van der Waals surface area contributed by atoms with Gasteiger partial charge in [-0.15, -0.1) is 22.9 Å². The molecule has 0 aliphatic rings. The molecule has 1 atom stereocenters. The zero-order chi connectivity index (χ0) is 17.8. The number of hydrogen-bond acceptors (Lipinski definition) is 3. The van der Waals surface area contributed by atoms with Crippen molar-refractivity contribution in [2.45, 2.75) is 25.8 Å². The maximum atomic E-state index is 11.5.